The van der Waals surface area contributed by atoms with Crippen molar-refractivity contribution < 1.29 is 0 Å². The molecule has 0 atom stereocenters. The maximum Gasteiger partial charge on any atom is 0.0659 e. The normalized spacial score (nSPS) is 13.2. The molecular formula is C19H35N2Si. The van der Waals surface area contributed by atoms with Crippen LogP contribution in [0.3, 0.4) is 0 Å². The molecular weight excluding hydrogens is 284 g/mol. The summed E-state index contributed by atoms with van der Waals surface area (Å²) in [5, 5.41) is 0.777. The first-order valence-corrected chi connectivity index (χ1v) is 10.3. The van der Waals surface area contributed by atoms with E-state index in [9.17, 15) is 0 Å². The van der Waals surface area contributed by atoms with Gasteiger partial charge in [0.1, 0.15) is 0 Å². The predicted octanol–water partition coefficient (Wildman–Crippen LogP) is 5.10. The van der Waals surface area contributed by atoms with Crippen molar-refractivity contribution in [2.45, 2.75) is 78.1 Å². The van der Waals surface area contributed by atoms with Gasteiger partial charge in [-0.3, -0.25) is 9.88 Å². The Morgan fingerprint density at radius 3 is 1.86 bits per heavy atom. The molecule has 0 saturated carbocycles. The summed E-state index contributed by atoms with van der Waals surface area (Å²) in [6.45, 7) is 21.9. The highest BCUT2D eigenvalue weighted by atomic mass is 28.3. The molecule has 0 N–H and O–H groups in total. The lowest BCUT2D eigenvalue weighted by atomic mass is 10.2. The average molecular weight is 320 g/mol. The van der Waals surface area contributed by atoms with Crippen molar-refractivity contribution in [3.05, 3.63) is 29.6 Å². The minimum atomic E-state index is -0.559. The molecule has 1 aromatic rings. The zero-order valence-electron chi connectivity index (χ0n) is 16.0. The smallest absolute Gasteiger partial charge is 0.0659 e. The lowest BCUT2D eigenvalue weighted by Gasteiger charge is -2.39. The molecule has 0 aliphatic rings. The van der Waals surface area contributed by atoms with Crippen molar-refractivity contribution in [2.75, 3.05) is 13.1 Å². The summed E-state index contributed by atoms with van der Waals surface area (Å²) in [5.41, 5.74) is 2.49. The Morgan fingerprint density at radius 1 is 0.909 bits per heavy atom. The number of nitrogens with zero attached hydrogens (tertiary/aromatic N) is 2. The second kappa shape index (κ2) is 7.74. The molecule has 1 radical (unpaired) electrons. The van der Waals surface area contributed by atoms with Crippen LogP contribution in [0, 0.1) is 0 Å². The molecule has 3 heteroatoms. The van der Waals surface area contributed by atoms with Crippen molar-refractivity contribution >= 4 is 8.80 Å². The molecule has 0 aliphatic carbocycles. The molecule has 0 aliphatic heterocycles. The highest BCUT2D eigenvalue weighted by molar-refractivity contribution is 6.64. The summed E-state index contributed by atoms with van der Waals surface area (Å²) in [5.74, 6) is 0. The van der Waals surface area contributed by atoms with E-state index in [0.717, 1.165) is 25.7 Å². The van der Waals surface area contributed by atoms with E-state index in [1.54, 1.807) is 0 Å². The number of hydrogen-bond donors (Lipinski definition) is 0. The van der Waals surface area contributed by atoms with Crippen molar-refractivity contribution in [1.82, 2.24) is 9.88 Å². The minimum absolute atomic E-state index is 0.388. The lowest BCUT2D eigenvalue weighted by Crippen LogP contribution is -2.37. The van der Waals surface area contributed by atoms with Gasteiger partial charge in [-0.2, -0.15) is 0 Å². The number of rotatable bonds is 6. The van der Waals surface area contributed by atoms with Crippen LogP contribution in [-0.4, -0.2) is 31.8 Å². The summed E-state index contributed by atoms with van der Waals surface area (Å²) in [7, 11) is -0.559. The maximum atomic E-state index is 4.96. The molecule has 0 aromatic carbocycles. The molecule has 0 fully saturated rings. The van der Waals surface area contributed by atoms with E-state index in [-0.39, 0.29) is 0 Å². The van der Waals surface area contributed by atoms with Crippen LogP contribution < -0.4 is 0 Å². The topological polar surface area (TPSA) is 16.1 Å². The summed E-state index contributed by atoms with van der Waals surface area (Å²) in [6, 6.07) is 7.73. The van der Waals surface area contributed by atoms with Gasteiger partial charge in [0.2, 0.25) is 0 Å². The van der Waals surface area contributed by atoms with Gasteiger partial charge in [0.25, 0.3) is 0 Å². The van der Waals surface area contributed by atoms with Crippen LogP contribution in [0.5, 0.6) is 0 Å². The van der Waals surface area contributed by atoms with E-state index in [0.29, 0.717) is 10.1 Å². The fourth-order valence-corrected chi connectivity index (χ4v) is 7.10. The summed E-state index contributed by atoms with van der Waals surface area (Å²) in [4.78, 5) is 7.38. The van der Waals surface area contributed by atoms with E-state index < -0.39 is 8.80 Å². The fourth-order valence-electron chi connectivity index (χ4n) is 3.23. The van der Waals surface area contributed by atoms with E-state index >= 15 is 0 Å². The first kappa shape index (κ1) is 19.4. The van der Waals surface area contributed by atoms with Crippen LogP contribution in [0.1, 0.15) is 66.8 Å². The van der Waals surface area contributed by atoms with Gasteiger partial charge in [-0.15, -0.1) is 0 Å². The predicted molar refractivity (Wildman–Crippen MR) is 99.8 cm³/mol. The molecule has 1 aromatic heterocycles. The molecule has 0 saturated heterocycles. The van der Waals surface area contributed by atoms with Gasteiger partial charge >= 0.3 is 0 Å². The Hall–Kier alpha value is -0.673. The average Bonchev–Trinajstić information content (AvgIpc) is 2.40. The van der Waals surface area contributed by atoms with Gasteiger partial charge in [-0.05, 0) is 41.3 Å². The van der Waals surface area contributed by atoms with Crippen molar-refractivity contribution in [3.63, 3.8) is 0 Å². The molecule has 125 valence electrons. The highest BCUT2D eigenvalue weighted by Gasteiger charge is 2.36. The fraction of sp³-hybridized carbons (Fsp3) is 0.737. The Morgan fingerprint density at radius 2 is 1.41 bits per heavy atom. The van der Waals surface area contributed by atoms with E-state index in [1.165, 1.54) is 11.4 Å². The molecule has 2 nitrogen and oxygen atoms in total. The Balaban J connectivity index is 2.93. The first-order valence-electron chi connectivity index (χ1n) is 8.61. The second-order valence-corrected chi connectivity index (χ2v) is 12.5. The van der Waals surface area contributed by atoms with Gasteiger partial charge < -0.3 is 0 Å². The molecule has 1 heterocycles. The number of hydrogen-bond acceptors (Lipinski definition) is 2. The van der Waals surface area contributed by atoms with Crippen molar-refractivity contribution in [2.24, 2.45) is 0 Å². The molecule has 0 unspecified atom stereocenters. The third-order valence-electron chi connectivity index (χ3n) is 4.31. The third-order valence-corrected chi connectivity index (χ3v) is 8.65. The molecule has 1 rings (SSSR count). The van der Waals surface area contributed by atoms with E-state index in [2.05, 4.69) is 78.5 Å². The maximum absolute atomic E-state index is 4.96. The van der Waals surface area contributed by atoms with Gasteiger partial charge in [0, 0.05) is 12.2 Å². The number of aromatic nitrogens is 1. The molecule has 22 heavy (non-hydrogen) atoms. The van der Waals surface area contributed by atoms with Gasteiger partial charge in [0.05, 0.1) is 14.5 Å². The summed E-state index contributed by atoms with van der Waals surface area (Å²) < 4.78 is 0. The quantitative estimate of drug-likeness (QED) is 0.678. The standard InChI is InChI=1S/C19H35N2Si/c1-9-21(10-2)14-16-12-11-13-17(20-16)15-22(18(3,4)5)19(6,7)8/h11-13H,9-10,14-15H2,1-8H3. The van der Waals surface area contributed by atoms with Crippen LogP contribution in [0.4, 0.5) is 0 Å². The van der Waals surface area contributed by atoms with Crippen LogP contribution >= 0.6 is 0 Å². The highest BCUT2D eigenvalue weighted by Crippen LogP contribution is 2.43. The minimum Gasteiger partial charge on any atom is -0.298 e. The number of pyridine rings is 1. The van der Waals surface area contributed by atoms with Crippen LogP contribution in [0.2, 0.25) is 10.1 Å². The van der Waals surface area contributed by atoms with Crippen molar-refractivity contribution in [1.29, 1.82) is 0 Å². The zero-order chi connectivity index (χ0) is 17.0. The van der Waals surface area contributed by atoms with Gasteiger partial charge in [-0.25, -0.2) is 0 Å². The lowest BCUT2D eigenvalue weighted by molar-refractivity contribution is 0.292. The second-order valence-electron chi connectivity index (χ2n) is 8.24. The van der Waals surface area contributed by atoms with Crippen LogP contribution in [0.15, 0.2) is 18.2 Å². The molecule has 0 bridgehead atoms. The van der Waals surface area contributed by atoms with Gasteiger partial charge in [0.15, 0.2) is 0 Å². The Labute approximate surface area is 139 Å². The van der Waals surface area contributed by atoms with Gasteiger partial charge in [-0.1, -0.05) is 61.5 Å². The first-order chi connectivity index (χ1) is 10.1. The Bertz CT molecular complexity index is 439. The molecule has 0 spiro atoms. The molecule has 0 amide bonds. The van der Waals surface area contributed by atoms with E-state index in [1.807, 2.05) is 0 Å². The summed E-state index contributed by atoms with van der Waals surface area (Å²) >= 11 is 0. The largest absolute Gasteiger partial charge is 0.298 e. The Kier molecular flexibility index (Phi) is 6.81. The van der Waals surface area contributed by atoms with E-state index in [4.69, 9.17) is 4.98 Å². The third kappa shape index (κ3) is 5.84. The monoisotopic (exact) mass is 319 g/mol. The SMILES string of the molecule is CCN(CC)Cc1cccc(C[Si](C(C)(C)C)C(C)(C)C)n1. The zero-order valence-corrected chi connectivity index (χ0v) is 17.0. The van der Waals surface area contributed by atoms with Crippen LogP contribution in [0.25, 0.3) is 0 Å². The van der Waals surface area contributed by atoms with Crippen LogP contribution in [-0.2, 0) is 12.6 Å². The van der Waals surface area contributed by atoms with Crippen molar-refractivity contribution in [3.8, 4) is 0 Å². The summed E-state index contributed by atoms with van der Waals surface area (Å²) in [6.07, 6.45) is 0.